The highest BCUT2D eigenvalue weighted by Gasteiger charge is 2.47. The number of nitrogens with zero attached hydrogens (tertiary/aromatic N) is 1. The largest absolute Gasteiger partial charge is 0.310 e. The lowest BCUT2D eigenvalue weighted by Gasteiger charge is -2.35. The Balaban J connectivity index is 1.04. The highest BCUT2D eigenvalue weighted by atomic mass is 15.1. The molecular formula is C58H43N. The Morgan fingerprint density at radius 2 is 0.678 bits per heavy atom. The first-order valence-electron chi connectivity index (χ1n) is 20.7. The van der Waals surface area contributed by atoms with E-state index in [1.165, 1.54) is 77.9 Å². The Labute approximate surface area is 347 Å². The molecule has 0 saturated carbocycles. The second-order valence-electron chi connectivity index (χ2n) is 16.5. The zero-order valence-electron chi connectivity index (χ0n) is 33.3. The summed E-state index contributed by atoms with van der Waals surface area (Å²) in [6, 6.07) is 82.8. The standard InChI is InChI=1S/C58H43N/c1-57(2)55-38-45(58(44-20-10-5-11-21-44)53-24-14-12-22-49(53)50-23-13-15-25-54(50)58)30-36-51(55)52-37-35-48(39-56(52)57)59(46-31-26-42(27-32-46)40-16-6-3-7-17-40)47-33-28-43(29-34-47)41-18-8-4-9-19-41/h3-39H,1-2H3. The maximum absolute atomic E-state index is 2.53. The van der Waals surface area contributed by atoms with Crippen LogP contribution in [0.4, 0.5) is 17.1 Å². The van der Waals surface area contributed by atoms with Crippen molar-refractivity contribution in [1.29, 1.82) is 0 Å². The van der Waals surface area contributed by atoms with Crippen LogP contribution in [0.5, 0.6) is 0 Å². The van der Waals surface area contributed by atoms with E-state index < -0.39 is 5.41 Å². The number of hydrogen-bond acceptors (Lipinski definition) is 1. The summed E-state index contributed by atoms with van der Waals surface area (Å²) < 4.78 is 0. The summed E-state index contributed by atoms with van der Waals surface area (Å²) in [5, 5.41) is 0. The van der Waals surface area contributed by atoms with Gasteiger partial charge in [-0.25, -0.2) is 0 Å². The quantitative estimate of drug-likeness (QED) is 0.157. The van der Waals surface area contributed by atoms with Gasteiger partial charge in [0.05, 0.1) is 5.41 Å². The van der Waals surface area contributed by atoms with Crippen molar-refractivity contribution < 1.29 is 0 Å². The van der Waals surface area contributed by atoms with E-state index in [9.17, 15) is 0 Å². The first-order chi connectivity index (χ1) is 29.0. The highest BCUT2D eigenvalue weighted by molar-refractivity contribution is 5.89. The lowest BCUT2D eigenvalue weighted by molar-refractivity contribution is 0.655. The number of anilines is 3. The van der Waals surface area contributed by atoms with Gasteiger partial charge < -0.3 is 4.90 Å². The molecule has 0 aliphatic heterocycles. The Morgan fingerprint density at radius 1 is 0.288 bits per heavy atom. The second kappa shape index (κ2) is 13.7. The zero-order valence-corrected chi connectivity index (χ0v) is 33.3. The molecule has 0 atom stereocenters. The summed E-state index contributed by atoms with van der Waals surface area (Å²) in [6.07, 6.45) is 0. The van der Waals surface area contributed by atoms with Crippen LogP contribution in [0, 0.1) is 0 Å². The third kappa shape index (κ3) is 5.46. The Hall–Kier alpha value is -7.22. The van der Waals surface area contributed by atoms with Gasteiger partial charge in [-0.3, -0.25) is 0 Å². The van der Waals surface area contributed by atoms with Crippen molar-refractivity contribution in [3.63, 3.8) is 0 Å². The molecule has 0 heterocycles. The molecule has 0 amide bonds. The molecule has 9 aromatic carbocycles. The third-order valence-electron chi connectivity index (χ3n) is 13.0. The van der Waals surface area contributed by atoms with Crippen LogP contribution >= 0.6 is 0 Å². The molecule has 0 radical (unpaired) electrons. The predicted molar refractivity (Wildman–Crippen MR) is 247 cm³/mol. The van der Waals surface area contributed by atoms with Gasteiger partial charge in [0.1, 0.15) is 0 Å². The van der Waals surface area contributed by atoms with Crippen LogP contribution in [0.2, 0.25) is 0 Å². The number of rotatable bonds is 7. The Kier molecular flexibility index (Phi) is 8.13. The van der Waals surface area contributed by atoms with E-state index in [1.54, 1.807) is 0 Å². The van der Waals surface area contributed by atoms with E-state index >= 15 is 0 Å². The fourth-order valence-corrected chi connectivity index (χ4v) is 10.1. The maximum atomic E-state index is 2.53. The molecule has 0 unspecified atom stereocenters. The van der Waals surface area contributed by atoms with E-state index in [0.717, 1.165) is 17.1 Å². The van der Waals surface area contributed by atoms with Gasteiger partial charge in [-0.1, -0.05) is 202 Å². The van der Waals surface area contributed by atoms with Crippen LogP contribution in [0.25, 0.3) is 44.5 Å². The van der Waals surface area contributed by atoms with Crippen molar-refractivity contribution in [2.75, 3.05) is 4.90 Å². The van der Waals surface area contributed by atoms with Gasteiger partial charge in [0.25, 0.3) is 0 Å². The zero-order chi connectivity index (χ0) is 39.6. The molecule has 0 bridgehead atoms. The van der Waals surface area contributed by atoms with Crippen LogP contribution in [0.3, 0.4) is 0 Å². The van der Waals surface area contributed by atoms with Crippen molar-refractivity contribution in [2.45, 2.75) is 24.7 Å². The van der Waals surface area contributed by atoms with Crippen molar-refractivity contribution in [2.24, 2.45) is 0 Å². The molecule has 280 valence electrons. The fraction of sp³-hybridized carbons (Fsp3) is 0.0690. The number of benzene rings is 9. The highest BCUT2D eigenvalue weighted by Crippen LogP contribution is 2.58. The van der Waals surface area contributed by atoms with Crippen LogP contribution in [0.15, 0.2) is 224 Å². The summed E-state index contributed by atoms with van der Waals surface area (Å²) in [4.78, 5) is 2.41. The maximum Gasteiger partial charge on any atom is 0.0713 e. The number of hydrogen-bond donors (Lipinski definition) is 0. The van der Waals surface area contributed by atoms with Crippen molar-refractivity contribution in [3.05, 3.63) is 258 Å². The summed E-state index contributed by atoms with van der Waals surface area (Å²) in [5.74, 6) is 0. The lowest BCUT2D eigenvalue weighted by Crippen LogP contribution is -2.29. The Bertz CT molecular complexity index is 2850. The van der Waals surface area contributed by atoms with Crippen molar-refractivity contribution >= 4 is 17.1 Å². The van der Waals surface area contributed by atoms with Crippen LogP contribution in [-0.2, 0) is 10.8 Å². The van der Waals surface area contributed by atoms with Gasteiger partial charge in [0, 0.05) is 22.5 Å². The van der Waals surface area contributed by atoms with Crippen LogP contribution < -0.4 is 4.90 Å². The SMILES string of the molecule is CC1(C)c2cc(N(c3ccc(-c4ccccc4)cc3)c3ccc(-c4ccccc4)cc3)ccc2-c2ccc(C3(c4ccccc4)c4ccccc4-c4ccccc43)cc21. The summed E-state index contributed by atoms with van der Waals surface area (Å²) in [7, 11) is 0. The summed E-state index contributed by atoms with van der Waals surface area (Å²) in [5.41, 5.74) is 20.8. The predicted octanol–water partition coefficient (Wildman–Crippen LogP) is 15.2. The molecule has 11 rings (SSSR count). The molecular weight excluding hydrogens is 711 g/mol. The van der Waals surface area contributed by atoms with Gasteiger partial charge in [0.15, 0.2) is 0 Å². The van der Waals surface area contributed by atoms with Gasteiger partial charge in [-0.05, 0) is 114 Å². The van der Waals surface area contributed by atoms with E-state index in [2.05, 4.69) is 243 Å². The molecule has 59 heavy (non-hydrogen) atoms. The van der Waals surface area contributed by atoms with Gasteiger partial charge >= 0.3 is 0 Å². The normalized spacial score (nSPS) is 13.9. The van der Waals surface area contributed by atoms with Crippen molar-refractivity contribution in [1.82, 2.24) is 0 Å². The third-order valence-corrected chi connectivity index (χ3v) is 13.0. The van der Waals surface area contributed by atoms with Crippen LogP contribution in [-0.4, -0.2) is 0 Å². The average Bonchev–Trinajstić information content (AvgIpc) is 3.73. The van der Waals surface area contributed by atoms with Gasteiger partial charge in [0.2, 0.25) is 0 Å². The topological polar surface area (TPSA) is 3.24 Å². The minimum absolute atomic E-state index is 0.244. The molecule has 0 saturated heterocycles. The average molecular weight is 754 g/mol. The molecule has 1 nitrogen and oxygen atoms in total. The first kappa shape index (κ1) is 35.0. The van der Waals surface area contributed by atoms with E-state index in [-0.39, 0.29) is 5.41 Å². The molecule has 1 heteroatoms. The number of fused-ring (bicyclic) bond motifs is 6. The second-order valence-corrected chi connectivity index (χ2v) is 16.5. The summed E-state index contributed by atoms with van der Waals surface area (Å²) in [6.45, 7) is 4.81. The fourth-order valence-electron chi connectivity index (χ4n) is 10.1. The minimum Gasteiger partial charge on any atom is -0.310 e. The minimum atomic E-state index is -0.436. The molecule has 0 aromatic heterocycles. The summed E-state index contributed by atoms with van der Waals surface area (Å²) >= 11 is 0. The van der Waals surface area contributed by atoms with E-state index in [4.69, 9.17) is 0 Å². The van der Waals surface area contributed by atoms with Gasteiger partial charge in [-0.2, -0.15) is 0 Å². The molecule has 0 fully saturated rings. The van der Waals surface area contributed by atoms with Gasteiger partial charge in [-0.15, -0.1) is 0 Å². The molecule has 0 N–H and O–H groups in total. The lowest BCUT2D eigenvalue weighted by atomic mass is 9.66. The molecule has 2 aliphatic carbocycles. The monoisotopic (exact) mass is 753 g/mol. The molecule has 9 aromatic rings. The van der Waals surface area contributed by atoms with Crippen molar-refractivity contribution in [3.8, 4) is 44.5 Å². The van der Waals surface area contributed by atoms with E-state index in [1.807, 2.05) is 0 Å². The Morgan fingerprint density at radius 3 is 1.20 bits per heavy atom. The molecule has 0 spiro atoms. The first-order valence-corrected chi connectivity index (χ1v) is 20.7. The van der Waals surface area contributed by atoms with E-state index in [0.29, 0.717) is 0 Å². The molecule has 2 aliphatic rings. The van der Waals surface area contributed by atoms with Crippen LogP contribution in [0.1, 0.15) is 47.2 Å². The smallest absolute Gasteiger partial charge is 0.0713 e.